The first kappa shape index (κ1) is 12.2. The van der Waals surface area contributed by atoms with Crippen LogP contribution in [0.5, 0.6) is 0 Å². The number of amides is 1. The van der Waals surface area contributed by atoms with E-state index in [1.165, 1.54) is 12.1 Å². The van der Waals surface area contributed by atoms with Crippen LogP contribution in [0.15, 0.2) is 36.7 Å². The summed E-state index contributed by atoms with van der Waals surface area (Å²) in [7, 11) is 0. The summed E-state index contributed by atoms with van der Waals surface area (Å²) in [5.41, 5.74) is 0.789. The number of carbonyl (C=O) groups excluding carboxylic acids is 1. The zero-order valence-corrected chi connectivity index (χ0v) is 8.95. The van der Waals surface area contributed by atoms with Gasteiger partial charge in [0.2, 0.25) is 0 Å². The minimum atomic E-state index is -4.89. The third-order valence-electron chi connectivity index (χ3n) is 2.17. The number of anilines is 1. The van der Waals surface area contributed by atoms with Crippen LogP contribution in [0.2, 0.25) is 0 Å². The summed E-state index contributed by atoms with van der Waals surface area (Å²) in [5, 5.41) is 1.76. The molecule has 1 aromatic heterocycles. The Morgan fingerprint density at radius 1 is 1.22 bits per heavy atom. The van der Waals surface area contributed by atoms with Crippen molar-refractivity contribution in [2.75, 3.05) is 5.32 Å². The molecule has 0 unspecified atom stereocenters. The standard InChI is InChI=1S/C11H8F3N3O/c12-11(13,14)10(18)17-8-3-1-7(2-4-8)9-15-5-6-16-9/h1-6H,(H,15,16)(H,17,18). The van der Waals surface area contributed by atoms with Crippen LogP contribution in [0, 0.1) is 0 Å². The molecule has 2 rings (SSSR count). The van der Waals surface area contributed by atoms with Gasteiger partial charge in [0.25, 0.3) is 0 Å². The lowest BCUT2D eigenvalue weighted by Crippen LogP contribution is -2.29. The van der Waals surface area contributed by atoms with Crippen LogP contribution in [-0.4, -0.2) is 22.1 Å². The molecule has 0 aliphatic carbocycles. The minimum absolute atomic E-state index is 0.0765. The summed E-state index contributed by atoms with van der Waals surface area (Å²) in [6, 6.07) is 5.87. The highest BCUT2D eigenvalue weighted by molar-refractivity contribution is 5.95. The maximum atomic E-state index is 12.0. The Kier molecular flexibility index (Phi) is 3.05. The van der Waals surface area contributed by atoms with E-state index >= 15 is 0 Å². The van der Waals surface area contributed by atoms with E-state index < -0.39 is 12.1 Å². The number of halogens is 3. The van der Waals surface area contributed by atoms with Gasteiger partial charge in [-0.15, -0.1) is 0 Å². The fourth-order valence-corrected chi connectivity index (χ4v) is 1.34. The van der Waals surface area contributed by atoms with Crippen LogP contribution in [0.3, 0.4) is 0 Å². The van der Waals surface area contributed by atoms with Gasteiger partial charge in [0, 0.05) is 23.6 Å². The first-order valence-electron chi connectivity index (χ1n) is 4.95. The van der Waals surface area contributed by atoms with Crippen molar-refractivity contribution in [3.8, 4) is 11.4 Å². The molecule has 2 N–H and O–H groups in total. The number of hydrogen-bond acceptors (Lipinski definition) is 2. The van der Waals surface area contributed by atoms with Crippen molar-refractivity contribution in [2.24, 2.45) is 0 Å². The number of nitrogens with one attached hydrogen (secondary N) is 2. The molecule has 18 heavy (non-hydrogen) atoms. The van der Waals surface area contributed by atoms with E-state index in [1.54, 1.807) is 29.8 Å². The highest BCUT2D eigenvalue weighted by Gasteiger charge is 2.38. The number of carbonyl (C=O) groups is 1. The molecule has 0 saturated carbocycles. The lowest BCUT2D eigenvalue weighted by atomic mass is 10.2. The number of nitrogens with zero attached hydrogens (tertiary/aromatic N) is 1. The molecule has 1 heterocycles. The van der Waals surface area contributed by atoms with Crippen LogP contribution < -0.4 is 5.32 Å². The van der Waals surface area contributed by atoms with Gasteiger partial charge in [-0.1, -0.05) is 0 Å². The first-order chi connectivity index (χ1) is 8.47. The van der Waals surface area contributed by atoms with Crippen LogP contribution in [0.25, 0.3) is 11.4 Å². The van der Waals surface area contributed by atoms with Crippen molar-refractivity contribution in [1.29, 1.82) is 0 Å². The molecule has 0 aliphatic rings. The Bertz CT molecular complexity index is 532. The molecule has 0 bridgehead atoms. The maximum absolute atomic E-state index is 12.0. The van der Waals surface area contributed by atoms with E-state index in [4.69, 9.17) is 0 Å². The summed E-state index contributed by atoms with van der Waals surface area (Å²) >= 11 is 0. The largest absolute Gasteiger partial charge is 0.471 e. The fourth-order valence-electron chi connectivity index (χ4n) is 1.34. The quantitative estimate of drug-likeness (QED) is 0.866. The second-order valence-corrected chi connectivity index (χ2v) is 3.47. The van der Waals surface area contributed by atoms with E-state index in [-0.39, 0.29) is 5.69 Å². The molecule has 0 saturated heterocycles. The van der Waals surface area contributed by atoms with E-state index in [1.807, 2.05) is 0 Å². The molecule has 2 aromatic rings. The lowest BCUT2D eigenvalue weighted by molar-refractivity contribution is -0.167. The van der Waals surface area contributed by atoms with Gasteiger partial charge in [0.15, 0.2) is 0 Å². The van der Waals surface area contributed by atoms with Gasteiger partial charge < -0.3 is 10.3 Å². The molecule has 0 spiro atoms. The molecule has 0 atom stereocenters. The zero-order chi connectivity index (χ0) is 13.2. The Morgan fingerprint density at radius 3 is 2.39 bits per heavy atom. The SMILES string of the molecule is O=C(Nc1ccc(-c2ncc[nH]2)cc1)C(F)(F)F. The van der Waals surface area contributed by atoms with Gasteiger partial charge in [-0.2, -0.15) is 13.2 Å². The number of rotatable bonds is 2. The number of alkyl halides is 3. The van der Waals surface area contributed by atoms with E-state index in [0.717, 1.165) is 0 Å². The molecule has 1 aromatic carbocycles. The third kappa shape index (κ3) is 2.68. The molecule has 0 aliphatic heterocycles. The van der Waals surface area contributed by atoms with E-state index in [0.29, 0.717) is 11.4 Å². The summed E-state index contributed by atoms with van der Waals surface area (Å²) in [5.74, 6) is -1.39. The molecule has 0 radical (unpaired) electrons. The van der Waals surface area contributed by atoms with E-state index in [2.05, 4.69) is 9.97 Å². The molecular formula is C11H8F3N3O. The lowest BCUT2D eigenvalue weighted by Gasteiger charge is -2.08. The molecular weight excluding hydrogens is 247 g/mol. The molecule has 0 fully saturated rings. The molecule has 4 nitrogen and oxygen atoms in total. The van der Waals surface area contributed by atoms with Crippen molar-refractivity contribution < 1.29 is 18.0 Å². The summed E-state index contributed by atoms with van der Waals surface area (Å²) in [4.78, 5) is 17.5. The van der Waals surface area contributed by atoms with Crippen LogP contribution in [0.1, 0.15) is 0 Å². The number of aromatic amines is 1. The van der Waals surface area contributed by atoms with Crippen molar-refractivity contribution in [1.82, 2.24) is 9.97 Å². The highest BCUT2D eigenvalue weighted by atomic mass is 19.4. The Hall–Kier alpha value is -2.31. The minimum Gasteiger partial charge on any atom is -0.345 e. The van der Waals surface area contributed by atoms with Gasteiger partial charge >= 0.3 is 12.1 Å². The van der Waals surface area contributed by atoms with E-state index in [9.17, 15) is 18.0 Å². The third-order valence-corrected chi connectivity index (χ3v) is 2.17. The van der Waals surface area contributed by atoms with Gasteiger partial charge in [-0.3, -0.25) is 4.79 Å². The smallest absolute Gasteiger partial charge is 0.345 e. The average Bonchev–Trinajstić information content (AvgIpc) is 2.82. The maximum Gasteiger partial charge on any atom is 0.471 e. The zero-order valence-electron chi connectivity index (χ0n) is 8.95. The summed E-state index contributed by atoms with van der Waals surface area (Å²) in [6.45, 7) is 0. The summed E-state index contributed by atoms with van der Waals surface area (Å²) in [6.07, 6.45) is -1.69. The Morgan fingerprint density at radius 2 is 1.89 bits per heavy atom. The highest BCUT2D eigenvalue weighted by Crippen LogP contribution is 2.20. The van der Waals surface area contributed by atoms with Gasteiger partial charge in [-0.05, 0) is 24.3 Å². The number of benzene rings is 1. The molecule has 1 amide bonds. The van der Waals surface area contributed by atoms with Crippen molar-refractivity contribution >= 4 is 11.6 Å². The second-order valence-electron chi connectivity index (χ2n) is 3.47. The predicted octanol–water partition coefficient (Wildman–Crippen LogP) is 2.58. The Balaban J connectivity index is 2.12. The van der Waals surface area contributed by atoms with Crippen LogP contribution in [-0.2, 0) is 4.79 Å². The van der Waals surface area contributed by atoms with Crippen LogP contribution in [0.4, 0.5) is 18.9 Å². The topological polar surface area (TPSA) is 57.8 Å². The van der Waals surface area contributed by atoms with Gasteiger partial charge in [-0.25, -0.2) is 4.98 Å². The predicted molar refractivity (Wildman–Crippen MR) is 58.7 cm³/mol. The average molecular weight is 255 g/mol. The number of H-pyrrole nitrogens is 1. The van der Waals surface area contributed by atoms with Gasteiger partial charge in [0.05, 0.1) is 0 Å². The monoisotopic (exact) mass is 255 g/mol. The summed E-state index contributed by atoms with van der Waals surface area (Å²) < 4.78 is 36.0. The van der Waals surface area contributed by atoms with Crippen molar-refractivity contribution in [2.45, 2.75) is 6.18 Å². The van der Waals surface area contributed by atoms with Gasteiger partial charge in [0.1, 0.15) is 5.82 Å². The number of hydrogen-bond donors (Lipinski definition) is 2. The fraction of sp³-hybridized carbons (Fsp3) is 0.0909. The number of aromatic nitrogens is 2. The second kappa shape index (κ2) is 4.52. The first-order valence-corrected chi connectivity index (χ1v) is 4.95. The molecule has 94 valence electrons. The van der Waals surface area contributed by atoms with Crippen molar-refractivity contribution in [3.63, 3.8) is 0 Å². The normalized spacial score (nSPS) is 11.3. The molecule has 7 heteroatoms. The van der Waals surface area contributed by atoms with Crippen LogP contribution >= 0.6 is 0 Å². The van der Waals surface area contributed by atoms with Crippen molar-refractivity contribution in [3.05, 3.63) is 36.7 Å². The Labute approximate surface area is 99.9 Å². The number of imidazole rings is 1.